The maximum absolute atomic E-state index is 11.7. The van der Waals surface area contributed by atoms with Gasteiger partial charge in [0.05, 0.1) is 6.04 Å². The SMILES string of the molecule is CNC(=O)c1ccn([C@@H]2CCCN(Cc3cccc4cc[nH]c34)C2)n1. The molecule has 1 aliphatic heterocycles. The largest absolute Gasteiger partial charge is 0.361 e. The summed E-state index contributed by atoms with van der Waals surface area (Å²) in [7, 11) is 1.63. The molecule has 1 atom stereocenters. The number of likely N-dealkylation sites (tertiary alicyclic amines) is 1. The number of amides is 1. The Balaban J connectivity index is 1.48. The van der Waals surface area contributed by atoms with Crippen molar-refractivity contribution in [1.29, 1.82) is 0 Å². The van der Waals surface area contributed by atoms with Gasteiger partial charge in [-0.15, -0.1) is 0 Å². The molecule has 0 bridgehead atoms. The van der Waals surface area contributed by atoms with E-state index in [0.29, 0.717) is 11.7 Å². The monoisotopic (exact) mass is 337 g/mol. The topological polar surface area (TPSA) is 66.0 Å². The lowest BCUT2D eigenvalue weighted by atomic mass is 10.0. The van der Waals surface area contributed by atoms with Crippen molar-refractivity contribution < 1.29 is 4.79 Å². The molecule has 130 valence electrons. The van der Waals surface area contributed by atoms with Gasteiger partial charge >= 0.3 is 0 Å². The summed E-state index contributed by atoms with van der Waals surface area (Å²) in [5.74, 6) is -0.134. The second kappa shape index (κ2) is 6.72. The van der Waals surface area contributed by atoms with E-state index in [1.807, 2.05) is 17.1 Å². The van der Waals surface area contributed by atoms with Crippen LogP contribution in [-0.2, 0) is 6.54 Å². The number of aromatic nitrogens is 3. The number of aromatic amines is 1. The van der Waals surface area contributed by atoms with Crippen LogP contribution in [0.4, 0.5) is 0 Å². The van der Waals surface area contributed by atoms with Crippen molar-refractivity contribution >= 4 is 16.8 Å². The number of para-hydroxylation sites is 1. The molecule has 0 saturated carbocycles. The van der Waals surface area contributed by atoms with E-state index in [-0.39, 0.29) is 5.91 Å². The van der Waals surface area contributed by atoms with Crippen LogP contribution in [-0.4, -0.2) is 45.7 Å². The molecule has 6 nitrogen and oxygen atoms in total. The first-order chi connectivity index (χ1) is 12.2. The summed E-state index contributed by atoms with van der Waals surface area (Å²) >= 11 is 0. The van der Waals surface area contributed by atoms with Crippen LogP contribution in [0.15, 0.2) is 42.7 Å². The van der Waals surface area contributed by atoms with E-state index in [0.717, 1.165) is 32.5 Å². The molecule has 25 heavy (non-hydrogen) atoms. The van der Waals surface area contributed by atoms with E-state index in [9.17, 15) is 4.79 Å². The van der Waals surface area contributed by atoms with Gasteiger partial charge in [0.1, 0.15) is 5.69 Å². The van der Waals surface area contributed by atoms with Crippen LogP contribution < -0.4 is 5.32 Å². The summed E-state index contributed by atoms with van der Waals surface area (Å²) in [6.07, 6.45) is 6.15. The fraction of sp³-hybridized carbons (Fsp3) is 0.368. The number of carbonyl (C=O) groups is 1. The summed E-state index contributed by atoms with van der Waals surface area (Å²) in [5, 5.41) is 8.34. The minimum absolute atomic E-state index is 0.134. The number of nitrogens with zero attached hydrogens (tertiary/aromatic N) is 3. The first-order valence-corrected chi connectivity index (χ1v) is 8.79. The Bertz CT molecular complexity index is 881. The highest BCUT2D eigenvalue weighted by Crippen LogP contribution is 2.25. The van der Waals surface area contributed by atoms with Gasteiger partial charge in [0.2, 0.25) is 0 Å². The minimum atomic E-state index is -0.134. The predicted molar refractivity (Wildman–Crippen MR) is 97.5 cm³/mol. The van der Waals surface area contributed by atoms with Crippen molar-refractivity contribution in [1.82, 2.24) is 25.0 Å². The number of H-pyrrole nitrogens is 1. The Morgan fingerprint density at radius 2 is 2.28 bits per heavy atom. The number of benzene rings is 1. The van der Waals surface area contributed by atoms with Crippen LogP contribution in [0, 0.1) is 0 Å². The molecule has 4 rings (SSSR count). The van der Waals surface area contributed by atoms with Gasteiger partial charge in [-0.2, -0.15) is 5.10 Å². The molecule has 1 aromatic carbocycles. The van der Waals surface area contributed by atoms with E-state index < -0.39 is 0 Å². The lowest BCUT2D eigenvalue weighted by Crippen LogP contribution is -2.36. The molecule has 0 spiro atoms. The number of nitrogens with one attached hydrogen (secondary N) is 2. The van der Waals surface area contributed by atoms with Gasteiger partial charge in [0.15, 0.2) is 0 Å². The maximum Gasteiger partial charge on any atom is 0.271 e. The van der Waals surface area contributed by atoms with Crippen LogP contribution >= 0.6 is 0 Å². The Hall–Kier alpha value is -2.60. The van der Waals surface area contributed by atoms with Crippen LogP contribution in [0.1, 0.15) is 34.9 Å². The van der Waals surface area contributed by atoms with Gasteiger partial charge in [-0.05, 0) is 42.5 Å². The first-order valence-electron chi connectivity index (χ1n) is 8.79. The van der Waals surface area contributed by atoms with Gasteiger partial charge in [-0.25, -0.2) is 0 Å². The number of rotatable bonds is 4. The quantitative estimate of drug-likeness (QED) is 0.769. The summed E-state index contributed by atoms with van der Waals surface area (Å²) in [6, 6.07) is 10.7. The van der Waals surface area contributed by atoms with Crippen molar-refractivity contribution in [3.05, 3.63) is 54.0 Å². The Morgan fingerprint density at radius 1 is 1.36 bits per heavy atom. The lowest BCUT2D eigenvalue weighted by Gasteiger charge is -2.33. The van der Waals surface area contributed by atoms with Crippen molar-refractivity contribution in [3.63, 3.8) is 0 Å². The smallest absolute Gasteiger partial charge is 0.271 e. The average molecular weight is 337 g/mol. The Kier molecular flexibility index (Phi) is 4.28. The molecule has 2 N–H and O–H groups in total. The zero-order chi connectivity index (χ0) is 17.2. The third-order valence-corrected chi connectivity index (χ3v) is 4.99. The number of carbonyl (C=O) groups excluding carboxylic acids is 1. The molecule has 1 amide bonds. The maximum atomic E-state index is 11.7. The molecule has 0 radical (unpaired) electrons. The number of piperidine rings is 1. The molecular weight excluding hydrogens is 314 g/mol. The van der Waals surface area contributed by atoms with E-state index in [4.69, 9.17) is 0 Å². The highest BCUT2D eigenvalue weighted by Gasteiger charge is 2.23. The van der Waals surface area contributed by atoms with Crippen molar-refractivity contribution in [2.75, 3.05) is 20.1 Å². The van der Waals surface area contributed by atoms with Crippen LogP contribution in [0.5, 0.6) is 0 Å². The summed E-state index contributed by atoms with van der Waals surface area (Å²) < 4.78 is 1.95. The molecule has 6 heteroatoms. The van der Waals surface area contributed by atoms with Gasteiger partial charge < -0.3 is 10.3 Å². The predicted octanol–water partition coefficient (Wildman–Crippen LogP) is 2.56. The van der Waals surface area contributed by atoms with Crippen molar-refractivity contribution in [2.45, 2.75) is 25.4 Å². The third-order valence-electron chi connectivity index (χ3n) is 4.99. The zero-order valence-electron chi connectivity index (χ0n) is 14.4. The minimum Gasteiger partial charge on any atom is -0.361 e. The second-order valence-electron chi connectivity index (χ2n) is 6.65. The molecule has 1 aliphatic rings. The fourth-order valence-electron chi connectivity index (χ4n) is 3.70. The Morgan fingerprint density at radius 3 is 3.16 bits per heavy atom. The van der Waals surface area contributed by atoms with Gasteiger partial charge in [-0.1, -0.05) is 18.2 Å². The Labute approximate surface area is 146 Å². The average Bonchev–Trinajstić information content (AvgIpc) is 3.31. The highest BCUT2D eigenvalue weighted by atomic mass is 16.1. The van der Waals surface area contributed by atoms with Crippen LogP contribution in [0.2, 0.25) is 0 Å². The van der Waals surface area contributed by atoms with Crippen LogP contribution in [0.3, 0.4) is 0 Å². The van der Waals surface area contributed by atoms with E-state index in [2.05, 4.69) is 44.6 Å². The number of fused-ring (bicyclic) bond motifs is 1. The van der Waals surface area contributed by atoms with E-state index in [1.54, 1.807) is 13.1 Å². The lowest BCUT2D eigenvalue weighted by molar-refractivity contribution is 0.0955. The first kappa shape index (κ1) is 15.9. The summed E-state index contributed by atoms with van der Waals surface area (Å²) in [4.78, 5) is 17.5. The summed E-state index contributed by atoms with van der Waals surface area (Å²) in [6.45, 7) is 2.97. The molecule has 2 aromatic heterocycles. The van der Waals surface area contributed by atoms with Gasteiger partial charge in [-0.3, -0.25) is 14.4 Å². The van der Waals surface area contributed by atoms with E-state index in [1.165, 1.54) is 16.5 Å². The molecule has 3 aromatic rings. The number of hydrogen-bond donors (Lipinski definition) is 2. The molecule has 0 aliphatic carbocycles. The fourth-order valence-corrected chi connectivity index (χ4v) is 3.70. The molecule has 1 saturated heterocycles. The standard InChI is InChI=1S/C19H23N5O/c1-20-19(25)17-8-11-24(22-17)16-6-3-10-23(13-16)12-15-5-2-4-14-7-9-21-18(14)15/h2,4-5,7-9,11,16,21H,3,6,10,12-13H2,1H3,(H,20,25)/t16-/m1/s1. The normalized spacial score (nSPS) is 18.5. The summed E-state index contributed by atoms with van der Waals surface area (Å²) in [5.41, 5.74) is 3.04. The molecular formula is C19H23N5O. The van der Waals surface area contributed by atoms with Crippen molar-refractivity contribution in [3.8, 4) is 0 Å². The zero-order valence-corrected chi connectivity index (χ0v) is 14.4. The van der Waals surface area contributed by atoms with Crippen molar-refractivity contribution in [2.24, 2.45) is 0 Å². The third kappa shape index (κ3) is 3.17. The molecule has 1 fully saturated rings. The second-order valence-corrected chi connectivity index (χ2v) is 6.65. The van der Waals surface area contributed by atoms with Crippen LogP contribution in [0.25, 0.3) is 10.9 Å². The van der Waals surface area contributed by atoms with Gasteiger partial charge in [0.25, 0.3) is 5.91 Å². The molecule has 3 heterocycles. The van der Waals surface area contributed by atoms with E-state index >= 15 is 0 Å². The number of hydrogen-bond acceptors (Lipinski definition) is 3. The molecule has 0 unspecified atom stereocenters. The van der Waals surface area contributed by atoms with Gasteiger partial charge in [0, 0.05) is 38.0 Å². The highest BCUT2D eigenvalue weighted by molar-refractivity contribution is 5.91.